The highest BCUT2D eigenvalue weighted by atomic mass is 35.5. The van der Waals surface area contributed by atoms with E-state index in [9.17, 15) is 4.79 Å². The van der Waals surface area contributed by atoms with E-state index in [1.807, 2.05) is 31.2 Å². The number of fused-ring (bicyclic) bond motifs is 1. The molecule has 3 rings (SSSR count). The molecule has 20 heavy (non-hydrogen) atoms. The first-order chi connectivity index (χ1) is 9.66. The van der Waals surface area contributed by atoms with Crippen LogP contribution in [0.4, 0.5) is 0 Å². The van der Waals surface area contributed by atoms with E-state index in [1.165, 1.54) is 19.3 Å². The van der Waals surface area contributed by atoms with E-state index in [2.05, 4.69) is 10.6 Å². The molecular formula is C16H21ClN2O. The number of nitrogens with one attached hydrogen (secondary N) is 2. The second kappa shape index (κ2) is 5.74. The summed E-state index contributed by atoms with van der Waals surface area (Å²) in [6.45, 7) is 2.98. The molecule has 2 aliphatic rings. The number of hydrogen-bond donors (Lipinski definition) is 2. The van der Waals surface area contributed by atoms with Gasteiger partial charge in [-0.2, -0.15) is 0 Å². The van der Waals surface area contributed by atoms with Gasteiger partial charge in [0.05, 0.1) is 12.1 Å². The molecule has 0 bridgehead atoms. The highest BCUT2D eigenvalue weighted by Gasteiger charge is 2.42. The van der Waals surface area contributed by atoms with Crippen molar-refractivity contribution in [2.45, 2.75) is 38.3 Å². The van der Waals surface area contributed by atoms with Crippen molar-refractivity contribution in [1.82, 2.24) is 10.6 Å². The number of amides is 1. The summed E-state index contributed by atoms with van der Waals surface area (Å²) in [7, 11) is 0. The Bertz CT molecular complexity index is 505. The Kier molecular flexibility index (Phi) is 3.99. The predicted molar refractivity (Wildman–Crippen MR) is 80.6 cm³/mol. The maximum Gasteiger partial charge on any atom is 0.237 e. The van der Waals surface area contributed by atoms with E-state index in [-0.39, 0.29) is 18.0 Å². The van der Waals surface area contributed by atoms with Crippen molar-refractivity contribution in [3.05, 3.63) is 34.9 Å². The lowest BCUT2D eigenvalue weighted by Crippen LogP contribution is -2.44. The van der Waals surface area contributed by atoms with Gasteiger partial charge in [0.15, 0.2) is 0 Å². The average molecular weight is 293 g/mol. The summed E-state index contributed by atoms with van der Waals surface area (Å²) in [5, 5.41) is 7.20. The number of halogens is 1. The van der Waals surface area contributed by atoms with Crippen LogP contribution in [0.1, 0.15) is 37.8 Å². The topological polar surface area (TPSA) is 41.1 Å². The smallest absolute Gasteiger partial charge is 0.237 e. The van der Waals surface area contributed by atoms with Gasteiger partial charge in [-0.25, -0.2) is 0 Å². The summed E-state index contributed by atoms with van der Waals surface area (Å²) < 4.78 is 0. The van der Waals surface area contributed by atoms with Crippen LogP contribution in [0.3, 0.4) is 0 Å². The molecule has 1 heterocycles. The number of rotatable bonds is 3. The van der Waals surface area contributed by atoms with Crippen molar-refractivity contribution in [3.8, 4) is 0 Å². The minimum atomic E-state index is -0.0570. The van der Waals surface area contributed by atoms with E-state index >= 15 is 0 Å². The van der Waals surface area contributed by atoms with Crippen LogP contribution in [-0.4, -0.2) is 18.5 Å². The van der Waals surface area contributed by atoms with Gasteiger partial charge in [0, 0.05) is 5.02 Å². The Hall–Kier alpha value is -1.06. The van der Waals surface area contributed by atoms with Crippen molar-refractivity contribution in [2.24, 2.45) is 11.8 Å². The third-order valence-electron chi connectivity index (χ3n) is 4.76. The van der Waals surface area contributed by atoms with Gasteiger partial charge in [-0.1, -0.05) is 36.2 Å². The fraction of sp³-hybridized carbons (Fsp3) is 0.562. The zero-order valence-electron chi connectivity index (χ0n) is 11.7. The van der Waals surface area contributed by atoms with Gasteiger partial charge < -0.3 is 10.6 Å². The van der Waals surface area contributed by atoms with Crippen LogP contribution >= 0.6 is 11.6 Å². The largest absolute Gasteiger partial charge is 0.348 e. The van der Waals surface area contributed by atoms with Crippen molar-refractivity contribution in [1.29, 1.82) is 0 Å². The van der Waals surface area contributed by atoms with Gasteiger partial charge in [0.25, 0.3) is 0 Å². The summed E-state index contributed by atoms with van der Waals surface area (Å²) in [6.07, 6.45) is 3.71. The molecule has 108 valence electrons. The maximum atomic E-state index is 12.5. The molecule has 2 fully saturated rings. The zero-order chi connectivity index (χ0) is 14.1. The van der Waals surface area contributed by atoms with E-state index in [0.29, 0.717) is 16.9 Å². The van der Waals surface area contributed by atoms with Gasteiger partial charge in [0.2, 0.25) is 5.91 Å². The van der Waals surface area contributed by atoms with E-state index in [0.717, 1.165) is 12.1 Å². The highest BCUT2D eigenvalue weighted by Crippen LogP contribution is 2.37. The molecule has 1 aromatic carbocycles. The van der Waals surface area contributed by atoms with E-state index in [4.69, 9.17) is 11.6 Å². The van der Waals surface area contributed by atoms with Gasteiger partial charge in [0.1, 0.15) is 0 Å². The van der Waals surface area contributed by atoms with Crippen molar-refractivity contribution in [2.75, 3.05) is 6.54 Å². The average Bonchev–Trinajstić information content (AvgIpc) is 3.00. The second-order valence-corrected chi connectivity index (χ2v) is 6.40. The molecule has 3 nitrogen and oxygen atoms in total. The first-order valence-electron chi connectivity index (χ1n) is 7.45. The summed E-state index contributed by atoms with van der Waals surface area (Å²) in [4.78, 5) is 12.5. The number of benzene rings is 1. The minimum Gasteiger partial charge on any atom is -0.348 e. The molecule has 1 aliphatic carbocycles. The van der Waals surface area contributed by atoms with Crippen LogP contribution in [-0.2, 0) is 4.79 Å². The standard InChI is InChI=1S/C16H21ClN2O/c1-10(12-6-2-3-8-14(12)17)19-16(20)15-13-7-4-5-11(13)9-18-15/h2-3,6,8,10-11,13,15,18H,4-5,7,9H2,1H3,(H,19,20)/t10-,11?,13?,15?/m0/s1. The van der Waals surface area contributed by atoms with Crippen LogP contribution in [0.25, 0.3) is 0 Å². The molecular weight excluding hydrogens is 272 g/mol. The summed E-state index contributed by atoms with van der Waals surface area (Å²) in [6, 6.07) is 7.60. The number of carbonyl (C=O) groups excluding carboxylic acids is 1. The minimum absolute atomic E-state index is 0.0209. The quantitative estimate of drug-likeness (QED) is 0.899. The Balaban J connectivity index is 1.66. The fourth-order valence-electron chi connectivity index (χ4n) is 3.68. The van der Waals surface area contributed by atoms with Crippen LogP contribution in [0.15, 0.2) is 24.3 Å². The van der Waals surface area contributed by atoms with Crippen molar-refractivity contribution >= 4 is 17.5 Å². The van der Waals surface area contributed by atoms with Gasteiger partial charge in [-0.3, -0.25) is 4.79 Å². The van der Waals surface area contributed by atoms with Gasteiger partial charge in [-0.15, -0.1) is 0 Å². The van der Waals surface area contributed by atoms with Crippen LogP contribution in [0.2, 0.25) is 5.02 Å². The van der Waals surface area contributed by atoms with Gasteiger partial charge >= 0.3 is 0 Å². The molecule has 1 aliphatic heterocycles. The van der Waals surface area contributed by atoms with E-state index < -0.39 is 0 Å². The van der Waals surface area contributed by atoms with Crippen LogP contribution in [0.5, 0.6) is 0 Å². The first kappa shape index (κ1) is 13.9. The fourth-order valence-corrected chi connectivity index (χ4v) is 3.98. The molecule has 1 saturated heterocycles. The molecule has 4 atom stereocenters. The zero-order valence-corrected chi connectivity index (χ0v) is 12.5. The molecule has 0 aromatic heterocycles. The molecule has 4 heteroatoms. The number of carbonyl (C=O) groups is 1. The van der Waals surface area contributed by atoms with Crippen molar-refractivity contribution in [3.63, 3.8) is 0 Å². The number of hydrogen-bond acceptors (Lipinski definition) is 2. The third-order valence-corrected chi connectivity index (χ3v) is 5.10. The lowest BCUT2D eigenvalue weighted by Gasteiger charge is -2.22. The molecule has 1 aromatic rings. The molecule has 1 saturated carbocycles. The molecule has 0 spiro atoms. The molecule has 3 unspecified atom stereocenters. The van der Waals surface area contributed by atoms with Crippen LogP contribution < -0.4 is 10.6 Å². The van der Waals surface area contributed by atoms with Gasteiger partial charge in [-0.05, 0) is 49.8 Å². The normalized spacial score (nSPS) is 30.0. The molecule has 2 N–H and O–H groups in total. The van der Waals surface area contributed by atoms with Crippen LogP contribution in [0, 0.1) is 11.8 Å². The third kappa shape index (κ3) is 2.57. The summed E-state index contributed by atoms with van der Waals surface area (Å²) in [5.41, 5.74) is 0.975. The lowest BCUT2D eigenvalue weighted by atomic mass is 9.93. The SMILES string of the molecule is C[C@H](NC(=O)C1NCC2CCCC21)c1ccccc1Cl. The maximum absolute atomic E-state index is 12.5. The summed E-state index contributed by atoms with van der Waals surface area (Å²) >= 11 is 6.18. The Labute approximate surface area is 125 Å². The lowest BCUT2D eigenvalue weighted by molar-refractivity contribution is -0.124. The second-order valence-electron chi connectivity index (χ2n) is 5.99. The molecule has 0 radical (unpaired) electrons. The Morgan fingerprint density at radius 1 is 1.40 bits per heavy atom. The van der Waals surface area contributed by atoms with Crippen molar-refractivity contribution < 1.29 is 4.79 Å². The monoisotopic (exact) mass is 292 g/mol. The highest BCUT2D eigenvalue weighted by molar-refractivity contribution is 6.31. The Morgan fingerprint density at radius 3 is 3.00 bits per heavy atom. The van der Waals surface area contributed by atoms with E-state index in [1.54, 1.807) is 0 Å². The predicted octanol–water partition coefficient (Wildman–Crippen LogP) is 2.91. The Morgan fingerprint density at radius 2 is 2.20 bits per heavy atom. The molecule has 1 amide bonds. The summed E-state index contributed by atoms with van der Waals surface area (Å²) in [5.74, 6) is 1.33. The first-order valence-corrected chi connectivity index (χ1v) is 7.83.